The minimum Gasteiger partial charge on any atom is -0.481 e. The smallest absolute Gasteiger partial charge is 0.326 e. The van der Waals surface area contributed by atoms with E-state index in [2.05, 4.69) is 28.6 Å². The largest absolute Gasteiger partial charge is 0.481 e. The van der Waals surface area contributed by atoms with Gasteiger partial charge < -0.3 is 31.9 Å². The van der Waals surface area contributed by atoms with Crippen LogP contribution < -0.4 is 21.7 Å². The van der Waals surface area contributed by atoms with Gasteiger partial charge in [-0.2, -0.15) is 12.6 Å². The van der Waals surface area contributed by atoms with Crippen LogP contribution in [0.5, 0.6) is 0 Å². The van der Waals surface area contributed by atoms with Crippen molar-refractivity contribution in [1.82, 2.24) is 16.0 Å². The summed E-state index contributed by atoms with van der Waals surface area (Å²) in [6, 6.07) is -4.80. The molecule has 0 saturated carbocycles. The van der Waals surface area contributed by atoms with Crippen molar-refractivity contribution in [1.29, 1.82) is 0 Å². The number of nitrogens with two attached hydrogens (primary N) is 1. The minimum atomic E-state index is -1.47. The second-order valence-electron chi connectivity index (χ2n) is 7.71. The number of carbonyl (C=O) groups excluding carboxylic acids is 3. The standard InChI is InChI=1S/C18H32N4O7S/c1-8(2)5-12(18(28)29)21-17(27)14(9(3)4)22-16(26)11(6-13(23)24)20-15(25)10(19)7-30/h8-12,14,30H,5-7,19H2,1-4H3,(H,20,25)(H,21,27)(H,22,26)(H,23,24)(H,28,29). The monoisotopic (exact) mass is 448 g/mol. The number of carboxylic acids is 2. The van der Waals surface area contributed by atoms with Gasteiger partial charge in [-0.3, -0.25) is 19.2 Å². The summed E-state index contributed by atoms with van der Waals surface area (Å²) >= 11 is 3.88. The Balaban J connectivity index is 5.40. The van der Waals surface area contributed by atoms with Crippen LogP contribution in [-0.2, 0) is 24.0 Å². The van der Waals surface area contributed by atoms with Gasteiger partial charge in [-0.05, 0) is 18.3 Å². The molecule has 0 heterocycles. The lowest BCUT2D eigenvalue weighted by Crippen LogP contribution is -2.59. The molecule has 0 aliphatic heterocycles. The van der Waals surface area contributed by atoms with E-state index in [0.29, 0.717) is 0 Å². The molecule has 0 radical (unpaired) electrons. The molecule has 0 bridgehead atoms. The average Bonchev–Trinajstić information content (AvgIpc) is 2.62. The van der Waals surface area contributed by atoms with Crippen LogP contribution in [0.25, 0.3) is 0 Å². The lowest BCUT2D eigenvalue weighted by molar-refractivity contribution is -0.144. The molecular formula is C18H32N4O7S. The summed E-state index contributed by atoms with van der Waals surface area (Å²) in [4.78, 5) is 59.6. The summed E-state index contributed by atoms with van der Waals surface area (Å²) in [5, 5.41) is 25.4. The number of hydrogen-bond acceptors (Lipinski definition) is 7. The van der Waals surface area contributed by atoms with Crippen molar-refractivity contribution in [3.8, 4) is 0 Å². The van der Waals surface area contributed by atoms with Crippen molar-refractivity contribution < 1.29 is 34.2 Å². The Labute approximate surface area is 180 Å². The molecule has 4 unspecified atom stereocenters. The number of nitrogens with one attached hydrogen (secondary N) is 3. The van der Waals surface area contributed by atoms with E-state index < -0.39 is 66.2 Å². The molecule has 0 aromatic carbocycles. The van der Waals surface area contributed by atoms with Crippen molar-refractivity contribution in [2.45, 2.75) is 64.7 Å². The number of hydrogen-bond donors (Lipinski definition) is 7. The van der Waals surface area contributed by atoms with E-state index in [-0.39, 0.29) is 18.1 Å². The van der Waals surface area contributed by atoms with Gasteiger partial charge in [0.25, 0.3) is 0 Å². The van der Waals surface area contributed by atoms with Crippen molar-refractivity contribution in [2.24, 2.45) is 17.6 Å². The first-order valence-electron chi connectivity index (χ1n) is 9.52. The molecule has 0 aliphatic rings. The van der Waals surface area contributed by atoms with Gasteiger partial charge in [-0.25, -0.2) is 4.79 Å². The first-order chi connectivity index (χ1) is 13.8. The predicted molar refractivity (Wildman–Crippen MR) is 112 cm³/mol. The Morgan fingerprint density at radius 3 is 1.80 bits per heavy atom. The Morgan fingerprint density at radius 1 is 0.867 bits per heavy atom. The zero-order chi connectivity index (χ0) is 23.6. The number of amides is 3. The zero-order valence-corrected chi connectivity index (χ0v) is 18.4. The Morgan fingerprint density at radius 2 is 1.40 bits per heavy atom. The fourth-order valence-corrected chi connectivity index (χ4v) is 2.65. The van der Waals surface area contributed by atoms with Crippen LogP contribution in [0.2, 0.25) is 0 Å². The second kappa shape index (κ2) is 13.1. The fraction of sp³-hybridized carbons (Fsp3) is 0.722. The summed E-state index contributed by atoms with van der Waals surface area (Å²) in [6.07, 6.45) is -0.534. The topological polar surface area (TPSA) is 188 Å². The summed E-state index contributed by atoms with van der Waals surface area (Å²) < 4.78 is 0. The van der Waals surface area contributed by atoms with Gasteiger partial charge in [0, 0.05) is 5.75 Å². The first kappa shape index (κ1) is 27.7. The fourth-order valence-electron chi connectivity index (χ4n) is 2.49. The second-order valence-corrected chi connectivity index (χ2v) is 8.07. The number of carboxylic acid groups (broad SMARTS) is 2. The van der Waals surface area contributed by atoms with E-state index in [4.69, 9.17) is 10.8 Å². The highest BCUT2D eigenvalue weighted by Gasteiger charge is 2.32. The van der Waals surface area contributed by atoms with Gasteiger partial charge in [0.1, 0.15) is 18.1 Å². The molecule has 7 N–H and O–H groups in total. The van der Waals surface area contributed by atoms with Gasteiger partial charge in [0.15, 0.2) is 0 Å². The summed E-state index contributed by atoms with van der Waals surface area (Å²) in [5.74, 6) is -5.39. The molecule has 172 valence electrons. The third-order valence-corrected chi connectivity index (χ3v) is 4.51. The minimum absolute atomic E-state index is 0.00434. The molecular weight excluding hydrogens is 416 g/mol. The SMILES string of the molecule is CC(C)CC(NC(=O)C(NC(=O)C(CC(=O)O)NC(=O)C(N)CS)C(C)C)C(=O)O. The number of carbonyl (C=O) groups is 5. The van der Waals surface area contributed by atoms with Crippen LogP contribution in [0, 0.1) is 11.8 Å². The lowest BCUT2D eigenvalue weighted by atomic mass is 10.00. The lowest BCUT2D eigenvalue weighted by Gasteiger charge is -2.27. The summed E-state index contributed by atoms with van der Waals surface area (Å²) in [6.45, 7) is 6.87. The maximum Gasteiger partial charge on any atom is 0.326 e. The Bertz CT molecular complexity index is 642. The maximum atomic E-state index is 12.6. The van der Waals surface area contributed by atoms with Crippen LogP contribution in [-0.4, -0.2) is 69.8 Å². The van der Waals surface area contributed by atoms with Crippen molar-refractivity contribution in [3.05, 3.63) is 0 Å². The van der Waals surface area contributed by atoms with E-state index in [9.17, 15) is 29.1 Å². The van der Waals surface area contributed by atoms with Gasteiger partial charge in [0.05, 0.1) is 12.5 Å². The first-order valence-corrected chi connectivity index (χ1v) is 10.1. The summed E-state index contributed by atoms with van der Waals surface area (Å²) in [5.41, 5.74) is 5.53. The predicted octanol–water partition coefficient (Wildman–Crippen LogP) is -1.04. The molecule has 0 aromatic heterocycles. The highest BCUT2D eigenvalue weighted by Crippen LogP contribution is 2.08. The highest BCUT2D eigenvalue weighted by atomic mass is 32.1. The Hall–Kier alpha value is -2.34. The van der Waals surface area contributed by atoms with E-state index in [1.165, 1.54) is 0 Å². The van der Waals surface area contributed by atoms with E-state index in [0.717, 1.165) is 0 Å². The highest BCUT2D eigenvalue weighted by molar-refractivity contribution is 7.80. The van der Waals surface area contributed by atoms with Crippen molar-refractivity contribution in [3.63, 3.8) is 0 Å². The molecule has 0 rings (SSSR count). The van der Waals surface area contributed by atoms with Gasteiger partial charge in [0.2, 0.25) is 17.7 Å². The third kappa shape index (κ3) is 9.92. The number of rotatable bonds is 13. The molecule has 0 spiro atoms. The summed E-state index contributed by atoms with van der Waals surface area (Å²) in [7, 11) is 0. The quantitative estimate of drug-likeness (QED) is 0.174. The van der Waals surface area contributed by atoms with E-state index in [1.54, 1.807) is 27.7 Å². The molecule has 0 aliphatic carbocycles. The van der Waals surface area contributed by atoms with E-state index in [1.807, 2.05) is 0 Å². The van der Waals surface area contributed by atoms with Gasteiger partial charge in [-0.1, -0.05) is 27.7 Å². The van der Waals surface area contributed by atoms with Gasteiger partial charge >= 0.3 is 11.9 Å². The zero-order valence-electron chi connectivity index (χ0n) is 17.5. The number of aliphatic carboxylic acids is 2. The average molecular weight is 449 g/mol. The van der Waals surface area contributed by atoms with Crippen molar-refractivity contribution >= 4 is 42.3 Å². The van der Waals surface area contributed by atoms with E-state index >= 15 is 0 Å². The molecule has 3 amide bonds. The molecule has 12 heteroatoms. The molecule has 30 heavy (non-hydrogen) atoms. The van der Waals surface area contributed by atoms with Gasteiger partial charge in [-0.15, -0.1) is 0 Å². The molecule has 4 atom stereocenters. The van der Waals surface area contributed by atoms with Crippen LogP contribution in [0.3, 0.4) is 0 Å². The van der Waals surface area contributed by atoms with Crippen molar-refractivity contribution in [2.75, 3.05) is 5.75 Å². The molecule has 0 saturated heterocycles. The van der Waals surface area contributed by atoms with Crippen LogP contribution in [0.1, 0.15) is 40.5 Å². The van der Waals surface area contributed by atoms with Crippen LogP contribution >= 0.6 is 12.6 Å². The Kier molecular flexibility index (Phi) is 12.0. The normalized spacial score (nSPS) is 15.1. The molecule has 0 fully saturated rings. The van der Waals surface area contributed by atoms with Crippen LogP contribution in [0.4, 0.5) is 0 Å². The third-order valence-electron chi connectivity index (χ3n) is 4.11. The maximum absolute atomic E-state index is 12.6. The molecule has 11 nitrogen and oxygen atoms in total. The number of thiol groups is 1. The molecule has 0 aromatic rings. The van der Waals surface area contributed by atoms with Crippen LogP contribution in [0.15, 0.2) is 0 Å².